The van der Waals surface area contributed by atoms with E-state index in [0.717, 1.165) is 13.1 Å². The Kier molecular flexibility index (Phi) is 4.24. The smallest absolute Gasteiger partial charge is 0.272 e. The number of nitrogens with zero attached hydrogens (tertiary/aromatic N) is 3. The van der Waals surface area contributed by atoms with Crippen LogP contribution in [0, 0.1) is 0 Å². The highest BCUT2D eigenvalue weighted by molar-refractivity contribution is 5.93. The van der Waals surface area contributed by atoms with Crippen molar-refractivity contribution >= 4 is 5.91 Å². The molecule has 0 bridgehead atoms. The zero-order valence-electron chi connectivity index (χ0n) is 13.1. The molecule has 5 nitrogen and oxygen atoms in total. The lowest BCUT2D eigenvalue weighted by Crippen LogP contribution is -2.49. The molecule has 2 heterocycles. The van der Waals surface area contributed by atoms with Gasteiger partial charge in [-0.3, -0.25) is 9.48 Å². The van der Waals surface area contributed by atoms with Crippen LogP contribution < -0.4 is 5.32 Å². The van der Waals surface area contributed by atoms with Crippen molar-refractivity contribution in [2.45, 2.75) is 25.9 Å². The molecule has 0 aliphatic carbocycles. The fourth-order valence-electron chi connectivity index (χ4n) is 2.96. The minimum atomic E-state index is 0.0570. The molecule has 1 N–H and O–H groups in total. The van der Waals surface area contributed by atoms with Gasteiger partial charge in [-0.05, 0) is 25.5 Å². The van der Waals surface area contributed by atoms with Gasteiger partial charge in [-0.1, -0.05) is 30.3 Å². The first-order chi connectivity index (χ1) is 10.7. The molecule has 2 aromatic rings. The van der Waals surface area contributed by atoms with Crippen LogP contribution in [0.2, 0.25) is 0 Å². The summed E-state index contributed by atoms with van der Waals surface area (Å²) in [6.45, 7) is 6.39. The van der Waals surface area contributed by atoms with Crippen molar-refractivity contribution in [3.8, 4) is 0 Å². The standard InChI is InChI=1S/C17H22N4O/c1-13(2)21-15(8-9-19-21)17(22)20-11-10-18-12-16(20)14-6-4-3-5-7-14/h3-9,13,16,18H,10-12H2,1-2H3. The average molecular weight is 298 g/mol. The van der Waals surface area contributed by atoms with Gasteiger partial charge in [0.05, 0.1) is 6.04 Å². The fraction of sp³-hybridized carbons (Fsp3) is 0.412. The summed E-state index contributed by atoms with van der Waals surface area (Å²) in [6, 6.07) is 12.3. The lowest BCUT2D eigenvalue weighted by molar-refractivity contribution is 0.0619. The second-order valence-corrected chi connectivity index (χ2v) is 5.88. The Morgan fingerprint density at radius 1 is 1.27 bits per heavy atom. The summed E-state index contributed by atoms with van der Waals surface area (Å²) in [7, 11) is 0. The van der Waals surface area contributed by atoms with Crippen molar-refractivity contribution < 1.29 is 4.79 Å². The molecule has 1 atom stereocenters. The first-order valence-corrected chi connectivity index (χ1v) is 7.78. The highest BCUT2D eigenvalue weighted by Gasteiger charge is 2.30. The zero-order chi connectivity index (χ0) is 15.5. The predicted molar refractivity (Wildman–Crippen MR) is 85.7 cm³/mol. The van der Waals surface area contributed by atoms with E-state index >= 15 is 0 Å². The molecule has 22 heavy (non-hydrogen) atoms. The summed E-state index contributed by atoms with van der Waals surface area (Å²) >= 11 is 0. The molecule has 1 fully saturated rings. The third-order valence-corrected chi connectivity index (χ3v) is 4.07. The van der Waals surface area contributed by atoms with E-state index in [4.69, 9.17) is 0 Å². The molecule has 0 spiro atoms. The molecule has 0 saturated carbocycles. The Morgan fingerprint density at radius 2 is 2.05 bits per heavy atom. The van der Waals surface area contributed by atoms with E-state index in [2.05, 4.69) is 22.5 Å². The van der Waals surface area contributed by atoms with Gasteiger partial charge in [-0.15, -0.1) is 0 Å². The number of aromatic nitrogens is 2. The monoisotopic (exact) mass is 298 g/mol. The molecule has 1 saturated heterocycles. The molecule has 1 aliphatic rings. The molecule has 1 aliphatic heterocycles. The normalized spacial score (nSPS) is 18.7. The van der Waals surface area contributed by atoms with Crippen molar-refractivity contribution in [2.75, 3.05) is 19.6 Å². The summed E-state index contributed by atoms with van der Waals surface area (Å²) in [5.41, 5.74) is 1.83. The van der Waals surface area contributed by atoms with Crippen LogP contribution in [-0.4, -0.2) is 40.2 Å². The van der Waals surface area contributed by atoms with E-state index in [-0.39, 0.29) is 18.0 Å². The van der Waals surface area contributed by atoms with E-state index in [1.165, 1.54) is 5.56 Å². The molecule has 1 amide bonds. The number of nitrogens with one attached hydrogen (secondary N) is 1. The van der Waals surface area contributed by atoms with Crippen LogP contribution in [0.4, 0.5) is 0 Å². The van der Waals surface area contributed by atoms with Gasteiger partial charge in [0.1, 0.15) is 5.69 Å². The van der Waals surface area contributed by atoms with Gasteiger partial charge in [0, 0.05) is 31.9 Å². The highest BCUT2D eigenvalue weighted by Crippen LogP contribution is 2.24. The lowest BCUT2D eigenvalue weighted by Gasteiger charge is -2.36. The maximum Gasteiger partial charge on any atom is 0.272 e. The maximum absolute atomic E-state index is 13.0. The lowest BCUT2D eigenvalue weighted by atomic mass is 10.0. The Labute approximate surface area is 130 Å². The average Bonchev–Trinajstić information content (AvgIpc) is 3.05. The molecule has 1 aromatic carbocycles. The molecule has 5 heteroatoms. The van der Waals surface area contributed by atoms with Crippen molar-refractivity contribution in [1.29, 1.82) is 0 Å². The summed E-state index contributed by atoms with van der Waals surface area (Å²) in [5.74, 6) is 0.0570. The van der Waals surface area contributed by atoms with Crippen LogP contribution in [0.1, 0.15) is 42.0 Å². The van der Waals surface area contributed by atoms with Crippen LogP contribution in [0.5, 0.6) is 0 Å². The van der Waals surface area contributed by atoms with Crippen molar-refractivity contribution in [2.24, 2.45) is 0 Å². The van der Waals surface area contributed by atoms with E-state index in [1.54, 1.807) is 10.9 Å². The van der Waals surface area contributed by atoms with Gasteiger partial charge in [-0.2, -0.15) is 5.10 Å². The first kappa shape index (κ1) is 14.8. The largest absolute Gasteiger partial charge is 0.328 e. The van der Waals surface area contributed by atoms with Crippen LogP contribution in [-0.2, 0) is 0 Å². The molecule has 1 unspecified atom stereocenters. The van der Waals surface area contributed by atoms with Gasteiger partial charge in [-0.25, -0.2) is 0 Å². The Hall–Kier alpha value is -2.14. The van der Waals surface area contributed by atoms with Crippen LogP contribution in [0.25, 0.3) is 0 Å². The van der Waals surface area contributed by atoms with Gasteiger partial charge in [0.25, 0.3) is 5.91 Å². The van der Waals surface area contributed by atoms with Crippen LogP contribution >= 0.6 is 0 Å². The summed E-state index contributed by atoms with van der Waals surface area (Å²) in [6.07, 6.45) is 1.70. The van der Waals surface area contributed by atoms with E-state index < -0.39 is 0 Å². The van der Waals surface area contributed by atoms with Crippen molar-refractivity contribution in [3.63, 3.8) is 0 Å². The van der Waals surface area contributed by atoms with E-state index in [9.17, 15) is 4.79 Å². The zero-order valence-corrected chi connectivity index (χ0v) is 13.1. The predicted octanol–water partition coefficient (Wildman–Crippen LogP) is 2.25. The molecular formula is C17H22N4O. The van der Waals surface area contributed by atoms with Gasteiger partial charge in [0.15, 0.2) is 0 Å². The molecular weight excluding hydrogens is 276 g/mol. The number of carbonyl (C=O) groups excluding carboxylic acids is 1. The SMILES string of the molecule is CC(C)n1nccc1C(=O)N1CCNCC1c1ccccc1. The molecule has 116 valence electrons. The minimum Gasteiger partial charge on any atom is -0.328 e. The summed E-state index contributed by atoms with van der Waals surface area (Å²) in [4.78, 5) is 15.0. The van der Waals surface area contributed by atoms with Crippen LogP contribution in [0.3, 0.4) is 0 Å². The number of benzene rings is 1. The van der Waals surface area contributed by atoms with Gasteiger partial charge >= 0.3 is 0 Å². The number of rotatable bonds is 3. The number of hydrogen-bond acceptors (Lipinski definition) is 3. The molecule has 0 radical (unpaired) electrons. The molecule has 1 aromatic heterocycles. The third-order valence-electron chi connectivity index (χ3n) is 4.07. The quantitative estimate of drug-likeness (QED) is 0.945. The third kappa shape index (κ3) is 2.76. The number of hydrogen-bond donors (Lipinski definition) is 1. The summed E-state index contributed by atoms with van der Waals surface area (Å²) in [5, 5.41) is 7.67. The Morgan fingerprint density at radius 3 is 2.77 bits per heavy atom. The van der Waals surface area contributed by atoms with Crippen molar-refractivity contribution in [1.82, 2.24) is 20.0 Å². The Balaban J connectivity index is 1.90. The van der Waals surface area contributed by atoms with E-state index in [0.29, 0.717) is 12.2 Å². The first-order valence-electron chi connectivity index (χ1n) is 7.78. The fourth-order valence-corrected chi connectivity index (χ4v) is 2.96. The van der Waals surface area contributed by atoms with Crippen LogP contribution in [0.15, 0.2) is 42.6 Å². The summed E-state index contributed by atoms with van der Waals surface area (Å²) < 4.78 is 1.80. The second kappa shape index (κ2) is 6.32. The van der Waals surface area contributed by atoms with E-state index in [1.807, 2.05) is 43.0 Å². The number of amides is 1. The second-order valence-electron chi connectivity index (χ2n) is 5.88. The minimum absolute atomic E-state index is 0.0570. The maximum atomic E-state index is 13.0. The Bertz CT molecular complexity index is 635. The van der Waals surface area contributed by atoms with Crippen molar-refractivity contribution in [3.05, 3.63) is 53.9 Å². The topological polar surface area (TPSA) is 50.2 Å². The number of piperazine rings is 1. The van der Waals surface area contributed by atoms with Gasteiger partial charge in [0.2, 0.25) is 0 Å². The number of carbonyl (C=O) groups is 1. The highest BCUT2D eigenvalue weighted by atomic mass is 16.2. The van der Waals surface area contributed by atoms with Gasteiger partial charge < -0.3 is 10.2 Å². The molecule has 3 rings (SSSR count).